The summed E-state index contributed by atoms with van der Waals surface area (Å²) in [6, 6.07) is 8.45. The molecular weight excluding hydrogens is 234 g/mol. The van der Waals surface area contributed by atoms with Crippen molar-refractivity contribution in [2.24, 2.45) is 11.8 Å². The van der Waals surface area contributed by atoms with Crippen LogP contribution in [0.15, 0.2) is 24.3 Å². The average Bonchev–Trinajstić information content (AvgIpc) is 2.35. The van der Waals surface area contributed by atoms with Crippen LogP contribution in [0.5, 0.6) is 0 Å². The fourth-order valence-electron chi connectivity index (χ4n) is 3.14. The van der Waals surface area contributed by atoms with Crippen LogP contribution in [0, 0.1) is 18.8 Å². The monoisotopic (exact) mass is 259 g/mol. The van der Waals surface area contributed by atoms with Crippen molar-refractivity contribution >= 4 is 5.91 Å². The molecule has 0 aromatic heterocycles. The lowest BCUT2D eigenvalue weighted by molar-refractivity contribution is -0.133. The molecule has 1 aromatic rings. The summed E-state index contributed by atoms with van der Waals surface area (Å²) in [6.07, 6.45) is 2.75. The minimum absolute atomic E-state index is 0.319. The van der Waals surface area contributed by atoms with Crippen LogP contribution in [0.2, 0.25) is 0 Å². The number of carbonyl (C=O) groups excluding carboxylic acids is 1. The first-order valence-corrected chi connectivity index (χ1v) is 7.38. The van der Waals surface area contributed by atoms with Crippen LogP contribution in [-0.2, 0) is 11.2 Å². The van der Waals surface area contributed by atoms with Gasteiger partial charge in [0.25, 0.3) is 0 Å². The van der Waals surface area contributed by atoms with E-state index in [1.807, 2.05) is 0 Å². The Balaban J connectivity index is 1.87. The van der Waals surface area contributed by atoms with Gasteiger partial charge < -0.3 is 4.90 Å². The van der Waals surface area contributed by atoms with E-state index >= 15 is 0 Å². The number of amides is 1. The second kappa shape index (κ2) is 6.23. The van der Waals surface area contributed by atoms with Crippen molar-refractivity contribution in [3.8, 4) is 0 Å². The van der Waals surface area contributed by atoms with E-state index in [4.69, 9.17) is 0 Å². The van der Waals surface area contributed by atoms with Gasteiger partial charge in [-0.1, -0.05) is 43.7 Å². The Morgan fingerprint density at radius 1 is 1.26 bits per heavy atom. The van der Waals surface area contributed by atoms with Gasteiger partial charge in [0.1, 0.15) is 0 Å². The number of nitrogens with zero attached hydrogens (tertiary/aromatic N) is 1. The van der Waals surface area contributed by atoms with Crippen molar-refractivity contribution in [2.75, 3.05) is 13.1 Å². The van der Waals surface area contributed by atoms with Crippen molar-refractivity contribution in [2.45, 2.75) is 40.0 Å². The Kier molecular flexibility index (Phi) is 4.62. The Morgan fingerprint density at radius 3 is 2.58 bits per heavy atom. The third kappa shape index (κ3) is 4.09. The number of benzene rings is 1. The van der Waals surface area contributed by atoms with Crippen LogP contribution in [0.1, 0.15) is 37.8 Å². The second-order valence-electron chi connectivity index (χ2n) is 6.23. The molecule has 1 aliphatic heterocycles. The first-order chi connectivity index (χ1) is 9.04. The Hall–Kier alpha value is -1.31. The van der Waals surface area contributed by atoms with Gasteiger partial charge in [0, 0.05) is 19.5 Å². The molecule has 19 heavy (non-hydrogen) atoms. The predicted molar refractivity (Wildman–Crippen MR) is 79.0 cm³/mol. The number of hydrogen-bond acceptors (Lipinski definition) is 1. The van der Waals surface area contributed by atoms with E-state index < -0.39 is 0 Å². The lowest BCUT2D eigenvalue weighted by Gasteiger charge is -2.35. The lowest BCUT2D eigenvalue weighted by Crippen LogP contribution is -2.42. The van der Waals surface area contributed by atoms with E-state index in [0.717, 1.165) is 19.5 Å². The molecule has 0 N–H and O–H groups in total. The zero-order chi connectivity index (χ0) is 13.8. The lowest BCUT2D eigenvalue weighted by atomic mass is 9.91. The molecule has 2 heteroatoms. The fraction of sp³-hybridized carbons (Fsp3) is 0.588. The minimum atomic E-state index is 0.319. The molecule has 1 heterocycles. The molecule has 0 radical (unpaired) electrons. The molecule has 2 atom stereocenters. The maximum Gasteiger partial charge on any atom is 0.222 e. The van der Waals surface area contributed by atoms with Crippen LogP contribution in [0.25, 0.3) is 0 Å². The predicted octanol–water partition coefficient (Wildman–Crippen LogP) is 3.43. The first-order valence-electron chi connectivity index (χ1n) is 7.38. The fourth-order valence-corrected chi connectivity index (χ4v) is 3.14. The van der Waals surface area contributed by atoms with Crippen LogP contribution in [-0.4, -0.2) is 23.9 Å². The van der Waals surface area contributed by atoms with Gasteiger partial charge in [-0.25, -0.2) is 0 Å². The zero-order valence-corrected chi connectivity index (χ0v) is 12.4. The smallest absolute Gasteiger partial charge is 0.222 e. The molecule has 2 rings (SSSR count). The van der Waals surface area contributed by atoms with Crippen LogP contribution in [0.4, 0.5) is 0 Å². The number of carbonyl (C=O) groups is 1. The van der Waals surface area contributed by atoms with Gasteiger partial charge in [0.15, 0.2) is 0 Å². The number of likely N-dealkylation sites (tertiary alicyclic amines) is 1. The summed E-state index contributed by atoms with van der Waals surface area (Å²) >= 11 is 0. The average molecular weight is 259 g/mol. The summed E-state index contributed by atoms with van der Waals surface area (Å²) in [4.78, 5) is 14.3. The van der Waals surface area contributed by atoms with Gasteiger partial charge >= 0.3 is 0 Å². The van der Waals surface area contributed by atoms with E-state index in [1.54, 1.807) is 0 Å². The molecule has 0 aliphatic carbocycles. The zero-order valence-electron chi connectivity index (χ0n) is 12.4. The molecule has 2 nitrogen and oxygen atoms in total. The third-order valence-electron chi connectivity index (χ3n) is 3.93. The molecule has 1 aromatic carbocycles. The van der Waals surface area contributed by atoms with Gasteiger partial charge in [0.2, 0.25) is 5.91 Å². The quantitative estimate of drug-likeness (QED) is 0.814. The summed E-state index contributed by atoms with van der Waals surface area (Å²) < 4.78 is 0. The molecule has 1 aliphatic rings. The second-order valence-corrected chi connectivity index (χ2v) is 6.23. The maximum absolute atomic E-state index is 12.3. The SMILES string of the molecule is Cc1cccc(CCC(=O)N2CC(C)CC(C)C2)c1. The molecular formula is C17H25NO. The van der Waals surface area contributed by atoms with Gasteiger partial charge in [-0.2, -0.15) is 0 Å². The number of piperidine rings is 1. The van der Waals surface area contributed by atoms with Gasteiger partial charge in [-0.05, 0) is 37.2 Å². The molecule has 0 spiro atoms. The highest BCUT2D eigenvalue weighted by Gasteiger charge is 2.24. The van der Waals surface area contributed by atoms with Crippen molar-refractivity contribution in [3.63, 3.8) is 0 Å². The molecule has 104 valence electrons. The Labute approximate surface area is 116 Å². The summed E-state index contributed by atoms with van der Waals surface area (Å²) in [7, 11) is 0. The first kappa shape index (κ1) is 14.1. The highest BCUT2D eigenvalue weighted by atomic mass is 16.2. The molecule has 2 unspecified atom stereocenters. The number of aryl methyl sites for hydroxylation is 2. The van der Waals surface area contributed by atoms with Crippen LogP contribution >= 0.6 is 0 Å². The molecule has 1 amide bonds. The highest BCUT2D eigenvalue weighted by Crippen LogP contribution is 2.21. The Bertz CT molecular complexity index is 431. The summed E-state index contributed by atoms with van der Waals surface area (Å²) in [5.41, 5.74) is 2.54. The summed E-state index contributed by atoms with van der Waals surface area (Å²) in [5.74, 6) is 1.61. The van der Waals surface area contributed by atoms with E-state index in [0.29, 0.717) is 24.2 Å². The number of rotatable bonds is 3. The minimum Gasteiger partial charge on any atom is -0.342 e. The number of hydrogen-bond donors (Lipinski definition) is 0. The summed E-state index contributed by atoms with van der Waals surface area (Å²) in [5, 5.41) is 0. The van der Waals surface area contributed by atoms with Crippen LogP contribution in [0.3, 0.4) is 0 Å². The van der Waals surface area contributed by atoms with E-state index in [9.17, 15) is 4.79 Å². The van der Waals surface area contributed by atoms with Crippen LogP contribution < -0.4 is 0 Å². The van der Waals surface area contributed by atoms with Crippen molar-refractivity contribution in [1.29, 1.82) is 0 Å². The van der Waals surface area contributed by atoms with E-state index in [1.165, 1.54) is 17.5 Å². The summed E-state index contributed by atoms with van der Waals surface area (Å²) in [6.45, 7) is 8.47. The third-order valence-corrected chi connectivity index (χ3v) is 3.93. The molecule has 1 saturated heterocycles. The molecule has 0 saturated carbocycles. The largest absolute Gasteiger partial charge is 0.342 e. The van der Waals surface area contributed by atoms with Gasteiger partial charge in [-0.3, -0.25) is 4.79 Å². The maximum atomic E-state index is 12.3. The van der Waals surface area contributed by atoms with Gasteiger partial charge in [0.05, 0.1) is 0 Å². The highest BCUT2D eigenvalue weighted by molar-refractivity contribution is 5.76. The van der Waals surface area contributed by atoms with Gasteiger partial charge in [-0.15, -0.1) is 0 Å². The molecule has 0 bridgehead atoms. The standard InChI is InChI=1S/C17H25NO/c1-13-5-4-6-16(10-13)7-8-17(19)18-11-14(2)9-15(3)12-18/h4-6,10,14-15H,7-9,11-12H2,1-3H3. The van der Waals surface area contributed by atoms with E-state index in [2.05, 4.69) is 49.9 Å². The van der Waals surface area contributed by atoms with Crippen molar-refractivity contribution in [1.82, 2.24) is 4.90 Å². The normalized spacial score (nSPS) is 23.4. The van der Waals surface area contributed by atoms with Crippen molar-refractivity contribution < 1.29 is 4.79 Å². The van der Waals surface area contributed by atoms with Crippen molar-refractivity contribution in [3.05, 3.63) is 35.4 Å². The topological polar surface area (TPSA) is 20.3 Å². The molecule has 1 fully saturated rings. The Morgan fingerprint density at radius 2 is 1.95 bits per heavy atom. The van der Waals surface area contributed by atoms with E-state index in [-0.39, 0.29) is 0 Å².